The molecule has 2 aliphatic rings. The lowest BCUT2D eigenvalue weighted by molar-refractivity contribution is -0.293. The molecule has 206 valence electrons. The molecular weight excluding hydrogens is 513 g/mol. The molecule has 2 aromatic heterocycles. The number of carbonyl (C=O) groups is 2. The van der Waals surface area contributed by atoms with E-state index in [-0.39, 0.29) is 38.3 Å². The van der Waals surface area contributed by atoms with Gasteiger partial charge in [-0.15, -0.1) is 0 Å². The van der Waals surface area contributed by atoms with E-state index in [1.807, 2.05) is 0 Å². The van der Waals surface area contributed by atoms with E-state index in [2.05, 4.69) is 19.9 Å². The van der Waals surface area contributed by atoms with Crippen LogP contribution in [0.15, 0.2) is 36.5 Å². The Balaban J connectivity index is 1.50. The first-order valence-electron chi connectivity index (χ1n) is 12.4. The topological polar surface area (TPSA) is 172 Å². The molecule has 0 atom stereocenters. The van der Waals surface area contributed by atoms with E-state index in [0.29, 0.717) is 35.2 Å². The number of nitrogens with two attached hydrogens (primary N) is 1. The molecule has 0 unspecified atom stereocenters. The molecular formula is C26H28FN5O7. The lowest BCUT2D eigenvalue weighted by Gasteiger charge is -2.40. The number of benzene rings is 1. The number of aliphatic hydroxyl groups excluding tert-OH is 1. The third kappa shape index (κ3) is 5.46. The number of hydrogen-bond donors (Lipinski definition) is 3. The summed E-state index contributed by atoms with van der Waals surface area (Å²) < 4.78 is 36.2. The first-order chi connectivity index (χ1) is 18.7. The third-order valence-electron chi connectivity index (χ3n) is 6.50. The van der Waals surface area contributed by atoms with Crippen molar-refractivity contribution in [2.45, 2.75) is 25.6 Å². The zero-order chi connectivity index (χ0) is 27.6. The summed E-state index contributed by atoms with van der Waals surface area (Å²) in [7, 11) is 0. The predicted molar refractivity (Wildman–Crippen MR) is 132 cm³/mol. The Bertz CT molecular complexity index is 1350. The quantitative estimate of drug-likeness (QED) is 0.321. The van der Waals surface area contributed by atoms with Gasteiger partial charge in [0.1, 0.15) is 17.8 Å². The third-order valence-corrected chi connectivity index (χ3v) is 6.50. The van der Waals surface area contributed by atoms with Crippen molar-refractivity contribution < 1.29 is 38.0 Å². The summed E-state index contributed by atoms with van der Waals surface area (Å²) in [5.41, 5.74) is 6.02. The molecule has 1 aliphatic heterocycles. The second-order valence-electron chi connectivity index (χ2n) is 9.77. The minimum absolute atomic E-state index is 0.00184. The van der Waals surface area contributed by atoms with Gasteiger partial charge < -0.3 is 34.8 Å². The Hall–Kier alpha value is -3.94. The molecule has 2 fully saturated rings. The number of carbonyl (C=O) groups excluding carboxylic acids is 2. The molecule has 5 rings (SSSR count). The number of nitrogens with zero attached hydrogens (tertiary/aromatic N) is 3. The number of amides is 1. The van der Waals surface area contributed by atoms with Crippen molar-refractivity contribution >= 4 is 11.9 Å². The van der Waals surface area contributed by atoms with Crippen molar-refractivity contribution in [2.75, 3.05) is 33.0 Å². The molecule has 0 radical (unpaired) electrons. The Morgan fingerprint density at radius 2 is 1.90 bits per heavy atom. The molecule has 1 aromatic carbocycles. The van der Waals surface area contributed by atoms with Gasteiger partial charge in [0, 0.05) is 11.8 Å². The van der Waals surface area contributed by atoms with E-state index >= 15 is 0 Å². The van der Waals surface area contributed by atoms with Gasteiger partial charge in [-0.1, -0.05) is 0 Å². The van der Waals surface area contributed by atoms with E-state index in [0.717, 1.165) is 12.8 Å². The highest BCUT2D eigenvalue weighted by atomic mass is 19.1. The molecule has 1 aliphatic carbocycles. The molecule has 4 N–H and O–H groups in total. The summed E-state index contributed by atoms with van der Waals surface area (Å²) in [6.45, 7) is 1.28. The Morgan fingerprint density at radius 3 is 2.54 bits per heavy atom. The number of H-pyrrole nitrogens is 1. The van der Waals surface area contributed by atoms with Crippen LogP contribution in [-0.2, 0) is 29.6 Å². The monoisotopic (exact) mass is 541 g/mol. The average molecular weight is 542 g/mol. The normalized spacial score (nSPS) is 22.8. The number of rotatable bonds is 10. The molecule has 13 heteroatoms. The standard InChI is InChI=1S/C26H28FN5O7/c1-25(23(35)37-12-15-2-3-15)13-38-26(21(28)34,39-14-25)22-31-19(16-4-6-17(27)7-5-16)20(32-22)18-8-9-29-24(30-18)36-11-10-33/h4-9,15,33H,2-3,10-14H2,1H3,(H2,28,34)(H,31,32). The van der Waals surface area contributed by atoms with Gasteiger partial charge in [0.25, 0.3) is 5.91 Å². The van der Waals surface area contributed by atoms with Gasteiger partial charge in [0.05, 0.1) is 43.5 Å². The molecule has 39 heavy (non-hydrogen) atoms. The van der Waals surface area contributed by atoms with Crippen LogP contribution < -0.4 is 10.5 Å². The summed E-state index contributed by atoms with van der Waals surface area (Å²) in [6, 6.07) is 7.12. The van der Waals surface area contributed by atoms with E-state index < -0.39 is 28.9 Å². The summed E-state index contributed by atoms with van der Waals surface area (Å²) in [6.07, 6.45) is 3.50. The molecule has 1 saturated heterocycles. The zero-order valence-electron chi connectivity index (χ0n) is 21.2. The van der Waals surface area contributed by atoms with E-state index in [4.69, 9.17) is 29.8 Å². The number of imidazole rings is 1. The number of aromatic nitrogens is 4. The molecule has 3 aromatic rings. The van der Waals surface area contributed by atoms with Crippen LogP contribution in [0.1, 0.15) is 25.6 Å². The first-order valence-corrected chi connectivity index (χ1v) is 12.4. The maximum atomic E-state index is 13.7. The van der Waals surface area contributed by atoms with Crippen molar-refractivity contribution in [1.82, 2.24) is 19.9 Å². The van der Waals surface area contributed by atoms with Crippen molar-refractivity contribution in [3.05, 3.63) is 48.2 Å². The van der Waals surface area contributed by atoms with Gasteiger partial charge in [-0.25, -0.2) is 14.4 Å². The number of aliphatic hydroxyl groups is 1. The Labute approximate surface area is 222 Å². The van der Waals surface area contributed by atoms with Gasteiger partial charge >= 0.3 is 17.8 Å². The average Bonchev–Trinajstić information content (AvgIpc) is 3.67. The summed E-state index contributed by atoms with van der Waals surface area (Å²) in [5.74, 6) is -3.78. The Kier molecular flexibility index (Phi) is 7.30. The molecule has 0 bridgehead atoms. The summed E-state index contributed by atoms with van der Waals surface area (Å²) >= 11 is 0. The van der Waals surface area contributed by atoms with Gasteiger partial charge in [-0.3, -0.25) is 9.59 Å². The van der Waals surface area contributed by atoms with Crippen LogP contribution in [0.4, 0.5) is 4.39 Å². The SMILES string of the molecule is CC1(C(=O)OCC2CC2)COC(C(N)=O)(c2nc(-c3ccc(F)cc3)c(-c3ccnc(OCCO)n3)[nH]2)OC1. The van der Waals surface area contributed by atoms with Crippen molar-refractivity contribution in [3.8, 4) is 28.7 Å². The van der Waals surface area contributed by atoms with Crippen LogP contribution in [0.5, 0.6) is 6.01 Å². The molecule has 0 spiro atoms. The fourth-order valence-corrected chi connectivity index (χ4v) is 3.99. The van der Waals surface area contributed by atoms with E-state index in [1.54, 1.807) is 13.0 Å². The van der Waals surface area contributed by atoms with E-state index in [9.17, 15) is 14.0 Å². The number of nitrogens with one attached hydrogen (secondary N) is 1. The van der Waals surface area contributed by atoms with E-state index in [1.165, 1.54) is 30.5 Å². The highest BCUT2D eigenvalue weighted by Gasteiger charge is 2.54. The smallest absolute Gasteiger partial charge is 0.317 e. The van der Waals surface area contributed by atoms with Crippen LogP contribution >= 0.6 is 0 Å². The van der Waals surface area contributed by atoms with Crippen LogP contribution in [-0.4, -0.2) is 70.0 Å². The maximum absolute atomic E-state index is 13.7. The number of primary amides is 1. The molecule has 1 amide bonds. The minimum atomic E-state index is -2.15. The van der Waals surface area contributed by atoms with Gasteiger partial charge in [0.2, 0.25) is 0 Å². The number of aromatic amines is 1. The fraction of sp³-hybridized carbons (Fsp3) is 0.423. The lowest BCUT2D eigenvalue weighted by atomic mass is 9.91. The number of hydrogen-bond acceptors (Lipinski definition) is 10. The maximum Gasteiger partial charge on any atom is 0.317 e. The minimum Gasteiger partial charge on any atom is -0.465 e. The highest BCUT2D eigenvalue weighted by molar-refractivity contribution is 5.85. The van der Waals surface area contributed by atoms with Gasteiger partial charge in [-0.05, 0) is 56.0 Å². The van der Waals surface area contributed by atoms with Gasteiger partial charge in [0.15, 0.2) is 5.82 Å². The van der Waals surface area contributed by atoms with Crippen LogP contribution in [0.25, 0.3) is 22.6 Å². The molecule has 3 heterocycles. The number of halogens is 1. The largest absolute Gasteiger partial charge is 0.465 e. The number of esters is 1. The van der Waals surface area contributed by atoms with Crippen LogP contribution in [0.2, 0.25) is 0 Å². The van der Waals surface area contributed by atoms with Crippen molar-refractivity contribution in [2.24, 2.45) is 17.1 Å². The number of ether oxygens (including phenoxy) is 4. The second-order valence-corrected chi connectivity index (χ2v) is 9.77. The first kappa shape index (κ1) is 26.7. The van der Waals surface area contributed by atoms with Crippen molar-refractivity contribution in [1.29, 1.82) is 0 Å². The van der Waals surface area contributed by atoms with Crippen LogP contribution in [0, 0.1) is 17.2 Å². The predicted octanol–water partition coefficient (Wildman–Crippen LogP) is 1.69. The van der Waals surface area contributed by atoms with Crippen LogP contribution in [0.3, 0.4) is 0 Å². The Morgan fingerprint density at radius 1 is 1.18 bits per heavy atom. The highest BCUT2D eigenvalue weighted by Crippen LogP contribution is 2.40. The lowest BCUT2D eigenvalue weighted by Crippen LogP contribution is -2.56. The molecule has 1 saturated carbocycles. The molecule has 12 nitrogen and oxygen atoms in total. The summed E-state index contributed by atoms with van der Waals surface area (Å²) in [5, 5.41) is 9.06. The zero-order valence-corrected chi connectivity index (χ0v) is 21.2. The summed E-state index contributed by atoms with van der Waals surface area (Å²) in [4.78, 5) is 41.5. The fourth-order valence-electron chi connectivity index (χ4n) is 3.99. The second kappa shape index (κ2) is 10.7. The van der Waals surface area contributed by atoms with Gasteiger partial charge in [-0.2, -0.15) is 4.98 Å². The van der Waals surface area contributed by atoms with Crippen molar-refractivity contribution in [3.63, 3.8) is 0 Å².